The molecule has 1 amide bonds. The largest absolute Gasteiger partial charge is 0.340 e. The van der Waals surface area contributed by atoms with Gasteiger partial charge in [0.25, 0.3) is 0 Å². The highest BCUT2D eigenvalue weighted by Gasteiger charge is 2.29. The molecule has 3 heteroatoms. The average molecular weight is 268 g/mol. The average Bonchev–Trinajstić information content (AvgIpc) is 2.17. The second-order valence-electron chi connectivity index (χ2n) is 7.39. The van der Waals surface area contributed by atoms with Crippen molar-refractivity contribution in [1.82, 2.24) is 4.90 Å². The van der Waals surface area contributed by atoms with Crippen molar-refractivity contribution in [3.8, 4) is 0 Å². The predicted octanol–water partition coefficient (Wildman–Crippen LogP) is 3.18. The van der Waals surface area contributed by atoms with Gasteiger partial charge in [-0.1, -0.05) is 27.7 Å². The third kappa shape index (κ3) is 5.94. The number of amides is 1. The molecule has 0 radical (unpaired) electrons. The molecule has 3 nitrogen and oxygen atoms in total. The summed E-state index contributed by atoms with van der Waals surface area (Å²) in [7, 11) is 0. The lowest BCUT2D eigenvalue weighted by atomic mass is 9.83. The zero-order valence-electron chi connectivity index (χ0n) is 13.2. The van der Waals surface area contributed by atoms with Gasteiger partial charge in [0.2, 0.25) is 5.91 Å². The molecular weight excluding hydrogens is 236 g/mol. The zero-order chi connectivity index (χ0) is 14.5. The van der Waals surface area contributed by atoms with Gasteiger partial charge in [-0.2, -0.15) is 0 Å². The van der Waals surface area contributed by atoms with E-state index in [0.717, 1.165) is 19.4 Å². The minimum Gasteiger partial charge on any atom is -0.340 e. The van der Waals surface area contributed by atoms with Crippen LogP contribution in [0.3, 0.4) is 0 Å². The van der Waals surface area contributed by atoms with Gasteiger partial charge >= 0.3 is 0 Å². The highest BCUT2D eigenvalue weighted by Crippen LogP contribution is 2.29. The highest BCUT2D eigenvalue weighted by molar-refractivity contribution is 5.76. The molecule has 1 saturated carbocycles. The van der Waals surface area contributed by atoms with Gasteiger partial charge in [0.05, 0.1) is 0 Å². The first-order valence-corrected chi connectivity index (χ1v) is 7.83. The lowest BCUT2D eigenvalue weighted by molar-refractivity contribution is -0.136. The van der Waals surface area contributed by atoms with Crippen molar-refractivity contribution in [1.29, 1.82) is 0 Å². The molecule has 19 heavy (non-hydrogen) atoms. The molecule has 0 aromatic heterocycles. The molecule has 0 bridgehead atoms. The van der Waals surface area contributed by atoms with E-state index in [1.54, 1.807) is 0 Å². The Labute approximate surface area is 118 Å². The van der Waals surface area contributed by atoms with Crippen molar-refractivity contribution in [3.05, 3.63) is 0 Å². The summed E-state index contributed by atoms with van der Waals surface area (Å²) in [5.74, 6) is 0.808. The molecule has 1 rings (SSSR count). The number of hydrogen-bond acceptors (Lipinski definition) is 2. The van der Waals surface area contributed by atoms with Crippen LogP contribution in [0.4, 0.5) is 0 Å². The summed E-state index contributed by atoms with van der Waals surface area (Å²) in [5, 5.41) is 0. The Morgan fingerprint density at radius 1 is 1.37 bits per heavy atom. The lowest BCUT2D eigenvalue weighted by Crippen LogP contribution is -2.45. The molecule has 0 aromatic rings. The summed E-state index contributed by atoms with van der Waals surface area (Å²) in [6, 6.07) is 0.501. The van der Waals surface area contributed by atoms with Gasteiger partial charge in [0, 0.05) is 19.0 Å². The summed E-state index contributed by atoms with van der Waals surface area (Å²) in [6.07, 6.45) is 6.37. The maximum atomic E-state index is 12.5. The Hall–Kier alpha value is -0.570. The number of carbonyl (C=O) groups excluding carboxylic acids is 1. The van der Waals surface area contributed by atoms with Crippen LogP contribution in [0.25, 0.3) is 0 Å². The van der Waals surface area contributed by atoms with Gasteiger partial charge in [0.1, 0.15) is 0 Å². The Morgan fingerprint density at radius 2 is 2.00 bits per heavy atom. The molecule has 1 atom stereocenters. The number of hydrogen-bond donors (Lipinski definition) is 1. The third-order valence-electron chi connectivity index (χ3n) is 3.92. The van der Waals surface area contributed by atoms with E-state index in [0.29, 0.717) is 36.2 Å². The smallest absolute Gasteiger partial charge is 0.223 e. The lowest BCUT2D eigenvalue weighted by Gasteiger charge is -2.38. The van der Waals surface area contributed by atoms with Crippen molar-refractivity contribution in [2.75, 3.05) is 13.1 Å². The molecule has 112 valence electrons. The van der Waals surface area contributed by atoms with E-state index in [9.17, 15) is 4.79 Å². The topological polar surface area (TPSA) is 46.3 Å². The maximum Gasteiger partial charge on any atom is 0.223 e. The number of nitrogens with zero attached hydrogens (tertiary/aromatic N) is 1. The monoisotopic (exact) mass is 268 g/mol. The molecule has 1 fully saturated rings. The van der Waals surface area contributed by atoms with Crippen LogP contribution in [-0.4, -0.2) is 29.9 Å². The van der Waals surface area contributed by atoms with Gasteiger partial charge in [-0.05, 0) is 50.0 Å². The normalized spacial score (nSPS) is 17.9. The van der Waals surface area contributed by atoms with E-state index < -0.39 is 0 Å². The first kappa shape index (κ1) is 16.5. The van der Waals surface area contributed by atoms with Crippen LogP contribution < -0.4 is 5.73 Å². The second-order valence-corrected chi connectivity index (χ2v) is 7.39. The van der Waals surface area contributed by atoms with E-state index in [2.05, 4.69) is 32.6 Å². The summed E-state index contributed by atoms with van der Waals surface area (Å²) in [6.45, 7) is 10.5. The van der Waals surface area contributed by atoms with Gasteiger partial charge in [-0.3, -0.25) is 4.79 Å². The van der Waals surface area contributed by atoms with Crippen LogP contribution in [0.5, 0.6) is 0 Å². The fourth-order valence-corrected chi connectivity index (χ4v) is 3.00. The fraction of sp³-hybridized carbons (Fsp3) is 0.938. The van der Waals surface area contributed by atoms with Gasteiger partial charge < -0.3 is 10.6 Å². The van der Waals surface area contributed by atoms with Crippen LogP contribution in [0.1, 0.15) is 66.2 Å². The first-order valence-electron chi connectivity index (χ1n) is 7.83. The van der Waals surface area contributed by atoms with Crippen molar-refractivity contribution in [2.45, 2.75) is 72.3 Å². The molecule has 1 unspecified atom stereocenters. The van der Waals surface area contributed by atoms with Crippen molar-refractivity contribution < 1.29 is 4.79 Å². The fourth-order valence-electron chi connectivity index (χ4n) is 3.00. The van der Waals surface area contributed by atoms with E-state index >= 15 is 0 Å². The minimum atomic E-state index is 0.304. The molecule has 2 N–H and O–H groups in total. The number of nitrogens with two attached hydrogens (primary N) is 1. The Bertz CT molecular complexity index is 279. The van der Waals surface area contributed by atoms with Crippen molar-refractivity contribution in [3.63, 3.8) is 0 Å². The SMILES string of the molecule is CC(CC(=O)N(CCCN)C1CCC1)CC(C)(C)C. The molecular formula is C16H32N2O. The Kier molecular flexibility index (Phi) is 6.31. The molecule has 0 aromatic carbocycles. The summed E-state index contributed by atoms with van der Waals surface area (Å²) in [4.78, 5) is 14.6. The van der Waals surface area contributed by atoms with Crippen LogP contribution in [0.2, 0.25) is 0 Å². The quantitative estimate of drug-likeness (QED) is 0.771. The van der Waals surface area contributed by atoms with Crippen LogP contribution in [0.15, 0.2) is 0 Å². The Balaban J connectivity index is 2.46. The molecule has 0 heterocycles. The summed E-state index contributed by atoms with van der Waals surface area (Å²) >= 11 is 0. The molecule has 0 saturated heterocycles. The number of carbonyl (C=O) groups is 1. The van der Waals surface area contributed by atoms with Gasteiger partial charge in [0.15, 0.2) is 0 Å². The molecule has 0 spiro atoms. The molecule has 0 aliphatic heterocycles. The van der Waals surface area contributed by atoms with E-state index in [4.69, 9.17) is 5.73 Å². The summed E-state index contributed by atoms with van der Waals surface area (Å²) < 4.78 is 0. The predicted molar refractivity (Wildman–Crippen MR) is 80.9 cm³/mol. The van der Waals surface area contributed by atoms with Crippen LogP contribution in [-0.2, 0) is 4.79 Å². The number of rotatable bonds is 7. The van der Waals surface area contributed by atoms with Crippen molar-refractivity contribution in [2.24, 2.45) is 17.1 Å². The van der Waals surface area contributed by atoms with E-state index in [1.807, 2.05) is 0 Å². The standard InChI is InChI=1S/C16H32N2O/c1-13(12-16(2,3)4)11-15(19)18(10-6-9-17)14-7-5-8-14/h13-14H,5-12,17H2,1-4H3. The summed E-state index contributed by atoms with van der Waals surface area (Å²) in [5.41, 5.74) is 5.89. The van der Waals surface area contributed by atoms with Gasteiger partial charge in [-0.15, -0.1) is 0 Å². The van der Waals surface area contributed by atoms with Crippen LogP contribution >= 0.6 is 0 Å². The van der Waals surface area contributed by atoms with Gasteiger partial charge in [-0.25, -0.2) is 0 Å². The van der Waals surface area contributed by atoms with Crippen molar-refractivity contribution >= 4 is 5.91 Å². The zero-order valence-corrected chi connectivity index (χ0v) is 13.2. The van der Waals surface area contributed by atoms with Crippen LogP contribution in [0, 0.1) is 11.3 Å². The van der Waals surface area contributed by atoms with E-state index in [1.165, 1.54) is 19.3 Å². The molecule has 1 aliphatic rings. The van der Waals surface area contributed by atoms with E-state index in [-0.39, 0.29) is 0 Å². The minimum absolute atomic E-state index is 0.304. The second kappa shape index (κ2) is 7.28. The third-order valence-corrected chi connectivity index (χ3v) is 3.92. The Morgan fingerprint density at radius 3 is 2.42 bits per heavy atom. The highest BCUT2D eigenvalue weighted by atomic mass is 16.2. The first-order chi connectivity index (χ1) is 8.83. The molecule has 1 aliphatic carbocycles. The maximum absolute atomic E-state index is 12.5.